The lowest BCUT2D eigenvalue weighted by Crippen LogP contribution is -2.19. The molecule has 1 N–H and O–H groups in total. The van der Waals surface area contributed by atoms with E-state index >= 15 is 0 Å². The SMILES string of the molecule is CC(C)(O)ON=O. The lowest BCUT2D eigenvalue weighted by Gasteiger charge is -2.09. The second kappa shape index (κ2) is 1.88. The minimum Gasteiger partial charge on any atom is -0.355 e. The molecule has 42 valence electrons. The van der Waals surface area contributed by atoms with Gasteiger partial charge in [-0.05, 0) is 0 Å². The summed E-state index contributed by atoms with van der Waals surface area (Å²) in [5.74, 6) is -1.43. The van der Waals surface area contributed by atoms with E-state index in [1.54, 1.807) is 0 Å². The fourth-order valence-corrected chi connectivity index (χ4v) is 0.0912. The van der Waals surface area contributed by atoms with Crippen molar-refractivity contribution in [3.8, 4) is 0 Å². The van der Waals surface area contributed by atoms with E-state index < -0.39 is 5.79 Å². The molecule has 0 saturated carbocycles. The van der Waals surface area contributed by atoms with Gasteiger partial charge in [0.05, 0.1) is 0 Å². The average molecular weight is 105 g/mol. The highest BCUT2D eigenvalue weighted by Crippen LogP contribution is 2.01. The van der Waals surface area contributed by atoms with Gasteiger partial charge >= 0.3 is 0 Å². The quantitative estimate of drug-likeness (QED) is 0.314. The van der Waals surface area contributed by atoms with Gasteiger partial charge < -0.3 is 9.94 Å². The molecule has 0 aliphatic rings. The maximum atomic E-state index is 9.19. The van der Waals surface area contributed by atoms with E-state index in [0.29, 0.717) is 0 Å². The highest BCUT2D eigenvalue weighted by Gasteiger charge is 2.12. The van der Waals surface area contributed by atoms with Gasteiger partial charge in [-0.15, -0.1) is 4.91 Å². The van der Waals surface area contributed by atoms with Gasteiger partial charge in [0.15, 0.2) is 5.34 Å². The zero-order chi connectivity index (χ0) is 5.91. The largest absolute Gasteiger partial charge is 0.355 e. The minimum atomic E-state index is -1.43. The van der Waals surface area contributed by atoms with E-state index in [2.05, 4.69) is 4.84 Å². The van der Waals surface area contributed by atoms with Crippen LogP contribution in [-0.4, -0.2) is 10.9 Å². The Labute approximate surface area is 41.0 Å². The van der Waals surface area contributed by atoms with E-state index in [1.165, 1.54) is 13.8 Å². The van der Waals surface area contributed by atoms with Gasteiger partial charge in [0.1, 0.15) is 0 Å². The highest BCUT2D eigenvalue weighted by molar-refractivity contribution is 4.43. The summed E-state index contributed by atoms with van der Waals surface area (Å²) >= 11 is 0. The van der Waals surface area contributed by atoms with Crippen molar-refractivity contribution in [1.29, 1.82) is 0 Å². The molecule has 7 heavy (non-hydrogen) atoms. The zero-order valence-corrected chi connectivity index (χ0v) is 4.21. The molecule has 0 fully saturated rings. The molecule has 0 bridgehead atoms. The van der Waals surface area contributed by atoms with E-state index in [1.807, 2.05) is 5.34 Å². The summed E-state index contributed by atoms with van der Waals surface area (Å²) in [5, 5.41) is 10.5. The molecular formula is C3H7NO3. The van der Waals surface area contributed by atoms with Gasteiger partial charge in [0, 0.05) is 13.8 Å². The second-order valence-corrected chi connectivity index (χ2v) is 1.61. The smallest absolute Gasteiger partial charge is 0.232 e. The molecule has 0 spiro atoms. The summed E-state index contributed by atoms with van der Waals surface area (Å²) in [6.45, 7) is 2.63. The Morgan fingerprint density at radius 3 is 2.14 bits per heavy atom. The van der Waals surface area contributed by atoms with Crippen molar-refractivity contribution in [2.75, 3.05) is 0 Å². The van der Waals surface area contributed by atoms with Crippen molar-refractivity contribution < 1.29 is 9.94 Å². The molecule has 0 rings (SSSR count). The summed E-state index contributed by atoms with van der Waals surface area (Å²) in [4.78, 5) is 13.0. The third-order valence-corrected chi connectivity index (χ3v) is 0.261. The van der Waals surface area contributed by atoms with Crippen LogP contribution in [0, 0.1) is 4.91 Å². The normalized spacial score (nSPS) is 10.7. The van der Waals surface area contributed by atoms with E-state index in [-0.39, 0.29) is 0 Å². The molecule has 0 atom stereocenters. The molecule has 0 aromatic rings. The van der Waals surface area contributed by atoms with Gasteiger partial charge in [0.2, 0.25) is 5.79 Å². The number of hydrogen-bond donors (Lipinski definition) is 1. The van der Waals surface area contributed by atoms with Crippen LogP contribution < -0.4 is 0 Å². The predicted octanol–water partition coefficient (Wildman–Crippen LogP) is 0.413. The van der Waals surface area contributed by atoms with Crippen LogP contribution in [0.3, 0.4) is 0 Å². The Balaban J connectivity index is 3.34. The summed E-state index contributed by atoms with van der Waals surface area (Å²) in [5.41, 5.74) is 0. The van der Waals surface area contributed by atoms with Gasteiger partial charge in [0.25, 0.3) is 0 Å². The number of nitrogens with zero attached hydrogens (tertiary/aromatic N) is 1. The van der Waals surface area contributed by atoms with Gasteiger partial charge in [-0.25, -0.2) is 0 Å². The third kappa shape index (κ3) is 5.36. The molecule has 0 aliphatic carbocycles. The first-order chi connectivity index (χ1) is 3.06. The first-order valence-electron chi connectivity index (χ1n) is 1.79. The topological polar surface area (TPSA) is 58.9 Å². The maximum Gasteiger partial charge on any atom is 0.232 e. The van der Waals surface area contributed by atoms with E-state index in [0.717, 1.165) is 0 Å². The second-order valence-electron chi connectivity index (χ2n) is 1.61. The highest BCUT2D eigenvalue weighted by atomic mass is 16.8. The molecule has 0 aromatic heterocycles. The molecule has 0 radical (unpaired) electrons. The van der Waals surface area contributed by atoms with E-state index in [4.69, 9.17) is 5.11 Å². The van der Waals surface area contributed by atoms with Crippen LogP contribution in [0.1, 0.15) is 13.8 Å². The van der Waals surface area contributed by atoms with Crippen LogP contribution in [0.4, 0.5) is 0 Å². The van der Waals surface area contributed by atoms with Crippen molar-refractivity contribution in [3.63, 3.8) is 0 Å². The Kier molecular flexibility index (Phi) is 1.71. The van der Waals surface area contributed by atoms with Crippen molar-refractivity contribution >= 4 is 0 Å². The molecule has 0 saturated heterocycles. The monoisotopic (exact) mass is 105 g/mol. The Morgan fingerprint density at radius 2 is 2.14 bits per heavy atom. The lowest BCUT2D eigenvalue weighted by atomic mass is 10.4. The van der Waals surface area contributed by atoms with Gasteiger partial charge in [-0.3, -0.25) is 0 Å². The molecule has 0 unspecified atom stereocenters. The van der Waals surface area contributed by atoms with Crippen LogP contribution >= 0.6 is 0 Å². The van der Waals surface area contributed by atoms with Crippen molar-refractivity contribution in [3.05, 3.63) is 4.91 Å². The number of hydrogen-bond acceptors (Lipinski definition) is 4. The average Bonchev–Trinajstić information content (AvgIpc) is 1.30. The molecule has 0 heterocycles. The van der Waals surface area contributed by atoms with Crippen LogP contribution in [0.25, 0.3) is 0 Å². The molecular weight excluding hydrogens is 98.0 g/mol. The van der Waals surface area contributed by atoms with Crippen LogP contribution in [0.5, 0.6) is 0 Å². The summed E-state index contributed by atoms with van der Waals surface area (Å²) in [7, 11) is 0. The molecule has 0 aromatic carbocycles. The first-order valence-corrected chi connectivity index (χ1v) is 1.79. The first kappa shape index (κ1) is 6.36. The third-order valence-electron chi connectivity index (χ3n) is 0.261. The number of rotatable bonds is 2. The molecule has 0 amide bonds. The van der Waals surface area contributed by atoms with Crippen LogP contribution in [0.2, 0.25) is 0 Å². The fraction of sp³-hybridized carbons (Fsp3) is 1.00. The summed E-state index contributed by atoms with van der Waals surface area (Å²) in [6, 6.07) is 0. The van der Waals surface area contributed by atoms with Gasteiger partial charge in [-0.1, -0.05) is 0 Å². The predicted molar refractivity (Wildman–Crippen MR) is 23.2 cm³/mol. The minimum absolute atomic E-state index is 1.31. The standard InChI is InChI=1S/C3H7NO3/c1-3(2,5)7-4-6/h5H,1-2H3. The number of aliphatic hydroxyl groups is 1. The van der Waals surface area contributed by atoms with Crippen molar-refractivity contribution in [1.82, 2.24) is 0 Å². The Bertz CT molecular complexity index is 65.1. The molecule has 4 heteroatoms. The maximum absolute atomic E-state index is 9.19. The summed E-state index contributed by atoms with van der Waals surface area (Å²) < 4.78 is 0. The van der Waals surface area contributed by atoms with Crippen LogP contribution in [0.15, 0.2) is 5.34 Å². The van der Waals surface area contributed by atoms with Crippen molar-refractivity contribution in [2.45, 2.75) is 19.6 Å². The molecule has 4 nitrogen and oxygen atoms in total. The van der Waals surface area contributed by atoms with Crippen molar-refractivity contribution in [2.24, 2.45) is 5.34 Å². The summed E-state index contributed by atoms with van der Waals surface area (Å²) in [6.07, 6.45) is 0. The van der Waals surface area contributed by atoms with Crippen LogP contribution in [-0.2, 0) is 4.84 Å². The van der Waals surface area contributed by atoms with Gasteiger partial charge in [-0.2, -0.15) is 0 Å². The zero-order valence-electron chi connectivity index (χ0n) is 4.21. The van der Waals surface area contributed by atoms with E-state index in [9.17, 15) is 4.91 Å². The Hall–Kier alpha value is -0.640. The lowest BCUT2D eigenvalue weighted by molar-refractivity contribution is -0.177. The molecule has 0 aliphatic heterocycles. The Morgan fingerprint density at radius 1 is 1.71 bits per heavy atom. The fourth-order valence-electron chi connectivity index (χ4n) is 0.0912.